The van der Waals surface area contributed by atoms with Gasteiger partial charge < -0.3 is 5.73 Å². The number of rotatable bonds is 2. The molecular formula is C17H34N2S. The molecule has 0 aromatic carbocycles. The number of nitrogens with two attached hydrogens (primary N) is 1. The molecule has 2 aliphatic rings. The third-order valence-electron chi connectivity index (χ3n) is 5.73. The van der Waals surface area contributed by atoms with Crippen LogP contribution >= 0.6 is 11.8 Å². The summed E-state index contributed by atoms with van der Waals surface area (Å²) in [5.41, 5.74) is 7.05. The number of hydrogen-bond acceptors (Lipinski definition) is 3. The van der Waals surface area contributed by atoms with Crippen LogP contribution in [-0.2, 0) is 0 Å². The Bertz CT molecular complexity index is 313. The Balaban J connectivity index is 2.11. The third kappa shape index (κ3) is 3.53. The van der Waals surface area contributed by atoms with Crippen LogP contribution in [0.25, 0.3) is 0 Å². The van der Waals surface area contributed by atoms with Crippen LogP contribution in [0.5, 0.6) is 0 Å². The van der Waals surface area contributed by atoms with Crippen LogP contribution in [0.3, 0.4) is 0 Å². The van der Waals surface area contributed by atoms with E-state index >= 15 is 0 Å². The van der Waals surface area contributed by atoms with Gasteiger partial charge in [0.25, 0.3) is 0 Å². The minimum absolute atomic E-state index is 0.292. The standard InChI is InChI=1S/C17H34N2S/c1-14-12-20-11-10-19(14)17(13-18)8-5-6-15(7-9-17)16(2,3)4/h14-15H,5-13,18H2,1-4H3. The van der Waals surface area contributed by atoms with Crippen molar-refractivity contribution in [1.29, 1.82) is 0 Å². The predicted molar refractivity (Wildman–Crippen MR) is 91.3 cm³/mol. The molecule has 3 atom stereocenters. The molecule has 1 heterocycles. The second-order valence-corrected chi connectivity index (χ2v) is 9.19. The van der Waals surface area contributed by atoms with Crippen molar-refractivity contribution in [3.05, 3.63) is 0 Å². The van der Waals surface area contributed by atoms with Crippen LogP contribution in [0, 0.1) is 11.3 Å². The fourth-order valence-corrected chi connectivity index (χ4v) is 5.31. The molecule has 0 aromatic rings. The van der Waals surface area contributed by atoms with E-state index in [-0.39, 0.29) is 0 Å². The smallest absolute Gasteiger partial charge is 0.0335 e. The van der Waals surface area contributed by atoms with E-state index in [4.69, 9.17) is 5.73 Å². The molecule has 0 spiro atoms. The zero-order valence-electron chi connectivity index (χ0n) is 14.0. The van der Waals surface area contributed by atoms with Crippen LogP contribution in [0.2, 0.25) is 0 Å². The average Bonchev–Trinajstić information content (AvgIpc) is 2.62. The molecule has 1 aliphatic carbocycles. The van der Waals surface area contributed by atoms with Gasteiger partial charge in [0.15, 0.2) is 0 Å². The summed E-state index contributed by atoms with van der Waals surface area (Å²) in [7, 11) is 0. The highest BCUT2D eigenvalue weighted by Crippen LogP contribution is 2.42. The first-order valence-corrected chi connectivity index (χ1v) is 9.59. The first kappa shape index (κ1) is 16.6. The van der Waals surface area contributed by atoms with Crippen molar-refractivity contribution >= 4 is 11.8 Å². The fraction of sp³-hybridized carbons (Fsp3) is 1.00. The molecule has 0 radical (unpaired) electrons. The van der Waals surface area contributed by atoms with Crippen molar-refractivity contribution in [3.63, 3.8) is 0 Å². The van der Waals surface area contributed by atoms with Gasteiger partial charge in [-0.15, -0.1) is 0 Å². The van der Waals surface area contributed by atoms with Gasteiger partial charge in [-0.2, -0.15) is 11.8 Å². The fourth-order valence-electron chi connectivity index (χ4n) is 4.30. The van der Waals surface area contributed by atoms with E-state index in [1.54, 1.807) is 0 Å². The quantitative estimate of drug-likeness (QED) is 0.787. The first-order valence-electron chi connectivity index (χ1n) is 8.44. The van der Waals surface area contributed by atoms with E-state index in [0.717, 1.165) is 12.5 Å². The summed E-state index contributed by atoms with van der Waals surface area (Å²) < 4.78 is 0. The van der Waals surface area contributed by atoms with E-state index in [9.17, 15) is 0 Å². The van der Waals surface area contributed by atoms with Crippen molar-refractivity contribution in [1.82, 2.24) is 4.90 Å². The topological polar surface area (TPSA) is 29.3 Å². The van der Waals surface area contributed by atoms with Gasteiger partial charge in [0.1, 0.15) is 0 Å². The van der Waals surface area contributed by atoms with Crippen molar-refractivity contribution in [2.24, 2.45) is 17.1 Å². The highest BCUT2D eigenvalue weighted by molar-refractivity contribution is 7.99. The summed E-state index contributed by atoms with van der Waals surface area (Å²) >= 11 is 2.11. The molecule has 118 valence electrons. The second kappa shape index (κ2) is 6.58. The van der Waals surface area contributed by atoms with E-state index in [1.165, 1.54) is 50.2 Å². The monoisotopic (exact) mass is 298 g/mol. The minimum atomic E-state index is 0.292. The summed E-state index contributed by atoms with van der Waals surface area (Å²) in [6.45, 7) is 11.7. The van der Waals surface area contributed by atoms with Crippen molar-refractivity contribution < 1.29 is 0 Å². The molecule has 1 saturated carbocycles. The van der Waals surface area contributed by atoms with E-state index in [2.05, 4.69) is 44.4 Å². The molecule has 2 rings (SSSR count). The molecule has 0 bridgehead atoms. The van der Waals surface area contributed by atoms with E-state index in [0.29, 0.717) is 17.0 Å². The van der Waals surface area contributed by atoms with Gasteiger partial charge in [0.2, 0.25) is 0 Å². The summed E-state index contributed by atoms with van der Waals surface area (Å²) in [5.74, 6) is 3.43. The highest BCUT2D eigenvalue weighted by atomic mass is 32.2. The minimum Gasteiger partial charge on any atom is -0.329 e. The van der Waals surface area contributed by atoms with E-state index < -0.39 is 0 Å². The summed E-state index contributed by atoms with van der Waals surface area (Å²) in [6, 6.07) is 0.698. The Morgan fingerprint density at radius 3 is 2.60 bits per heavy atom. The third-order valence-corrected chi connectivity index (χ3v) is 6.92. The maximum Gasteiger partial charge on any atom is 0.0335 e. The van der Waals surface area contributed by atoms with Crippen molar-refractivity contribution in [3.8, 4) is 0 Å². The molecule has 0 amide bonds. The maximum absolute atomic E-state index is 6.31. The van der Waals surface area contributed by atoms with Crippen LogP contribution in [0.15, 0.2) is 0 Å². The molecule has 2 N–H and O–H groups in total. The molecule has 1 aliphatic heterocycles. The van der Waals surface area contributed by atoms with Gasteiger partial charge in [-0.3, -0.25) is 4.90 Å². The van der Waals surface area contributed by atoms with Gasteiger partial charge >= 0.3 is 0 Å². The van der Waals surface area contributed by atoms with Gasteiger partial charge in [0.05, 0.1) is 0 Å². The van der Waals surface area contributed by atoms with Gasteiger partial charge in [-0.1, -0.05) is 27.2 Å². The maximum atomic E-state index is 6.31. The lowest BCUT2D eigenvalue weighted by Gasteiger charge is -2.48. The Morgan fingerprint density at radius 1 is 1.25 bits per heavy atom. The number of nitrogens with zero attached hydrogens (tertiary/aromatic N) is 1. The van der Waals surface area contributed by atoms with Crippen molar-refractivity contribution in [2.45, 2.75) is 71.4 Å². The first-order chi connectivity index (χ1) is 9.39. The molecule has 3 heteroatoms. The lowest BCUT2D eigenvalue weighted by atomic mass is 9.76. The highest BCUT2D eigenvalue weighted by Gasteiger charge is 2.41. The second-order valence-electron chi connectivity index (χ2n) is 8.04. The summed E-state index contributed by atoms with van der Waals surface area (Å²) in [5, 5.41) is 0. The molecule has 20 heavy (non-hydrogen) atoms. The average molecular weight is 299 g/mol. The lowest BCUT2D eigenvalue weighted by molar-refractivity contribution is 0.0504. The summed E-state index contributed by atoms with van der Waals surface area (Å²) in [6.07, 6.45) is 6.72. The zero-order valence-corrected chi connectivity index (χ0v) is 14.8. The molecule has 0 aromatic heterocycles. The summed E-state index contributed by atoms with van der Waals surface area (Å²) in [4.78, 5) is 2.77. The normalized spacial score (nSPS) is 37.6. The lowest BCUT2D eigenvalue weighted by Crippen LogP contribution is -2.59. The Labute approximate surface area is 130 Å². The molecule has 2 nitrogen and oxygen atoms in total. The Hall–Kier alpha value is 0.270. The van der Waals surface area contributed by atoms with E-state index in [1.807, 2.05) is 0 Å². The van der Waals surface area contributed by atoms with Crippen LogP contribution in [0.4, 0.5) is 0 Å². The van der Waals surface area contributed by atoms with Crippen LogP contribution < -0.4 is 5.73 Å². The SMILES string of the molecule is CC1CSCCN1C1(CN)CCCC(C(C)(C)C)CC1. The zero-order chi connectivity index (χ0) is 14.8. The number of hydrogen-bond donors (Lipinski definition) is 1. The molecular weight excluding hydrogens is 264 g/mol. The van der Waals surface area contributed by atoms with Crippen LogP contribution in [0.1, 0.15) is 59.8 Å². The van der Waals surface area contributed by atoms with Crippen LogP contribution in [-0.4, -0.2) is 41.1 Å². The molecule has 3 unspecified atom stereocenters. The van der Waals surface area contributed by atoms with Crippen molar-refractivity contribution in [2.75, 3.05) is 24.6 Å². The van der Waals surface area contributed by atoms with Gasteiger partial charge in [-0.25, -0.2) is 0 Å². The largest absolute Gasteiger partial charge is 0.329 e. The van der Waals surface area contributed by atoms with Gasteiger partial charge in [0, 0.05) is 36.2 Å². The van der Waals surface area contributed by atoms with Gasteiger partial charge in [-0.05, 0) is 43.9 Å². The predicted octanol–water partition coefficient (Wildman–Crippen LogP) is 3.75. The Morgan fingerprint density at radius 2 is 2.00 bits per heavy atom. The molecule has 1 saturated heterocycles. The Kier molecular flexibility index (Phi) is 5.47. The molecule has 2 fully saturated rings. The number of thioether (sulfide) groups is 1.